The van der Waals surface area contributed by atoms with Gasteiger partial charge in [0.05, 0.1) is 26.2 Å². The van der Waals surface area contributed by atoms with Crippen molar-refractivity contribution in [3.63, 3.8) is 0 Å². The normalized spacial score (nSPS) is 11.8. The third-order valence-electron chi connectivity index (χ3n) is 2.28. The molecule has 0 saturated heterocycles. The van der Waals surface area contributed by atoms with Crippen LogP contribution in [0.4, 0.5) is 0 Å². The Morgan fingerprint density at radius 2 is 0.955 bits per heavy atom. The predicted molar refractivity (Wildman–Crippen MR) is 85.7 cm³/mol. The van der Waals surface area contributed by atoms with Gasteiger partial charge in [-0.3, -0.25) is 0 Å². The Morgan fingerprint density at radius 1 is 0.727 bits per heavy atom. The van der Waals surface area contributed by atoms with E-state index in [2.05, 4.69) is 30.6 Å². The first-order chi connectivity index (χ1) is 9.95. The topological polar surface area (TPSA) is 124 Å². The summed E-state index contributed by atoms with van der Waals surface area (Å²) in [5.41, 5.74) is 0. The van der Waals surface area contributed by atoms with E-state index in [0.29, 0.717) is 0 Å². The van der Waals surface area contributed by atoms with Crippen LogP contribution >= 0.6 is 15.6 Å². The van der Waals surface area contributed by atoms with Crippen LogP contribution in [-0.2, 0) is 13.4 Å². The molecule has 0 spiro atoms. The highest BCUT2D eigenvalue weighted by Crippen LogP contribution is 2.53. The van der Waals surface area contributed by atoms with Crippen molar-refractivity contribution in [2.24, 2.45) is 0 Å². The predicted octanol–water partition coefficient (Wildman–Crippen LogP) is 1.74. The zero-order valence-corrected chi connectivity index (χ0v) is 14.1. The second kappa shape index (κ2) is 10.8. The minimum atomic E-state index is -5.05. The van der Waals surface area contributed by atoms with Crippen molar-refractivity contribution >= 4 is 15.6 Å². The average Bonchev–Trinajstić information content (AvgIpc) is 2.26. The molecule has 0 heterocycles. The van der Waals surface area contributed by atoms with Gasteiger partial charge in [0.25, 0.3) is 0 Å². The molecule has 0 atom stereocenters. The van der Waals surface area contributed by atoms with Crippen LogP contribution in [0.15, 0.2) is 50.6 Å². The van der Waals surface area contributed by atoms with Crippen LogP contribution < -0.4 is 0 Å². The van der Waals surface area contributed by atoms with Crippen LogP contribution in [0, 0.1) is 0 Å². The van der Waals surface area contributed by atoms with Crippen LogP contribution in [0.5, 0.6) is 0 Å². The first-order valence-corrected chi connectivity index (χ1v) is 9.12. The zero-order valence-electron chi connectivity index (χ0n) is 12.3. The lowest BCUT2D eigenvalue weighted by atomic mass is 10.3. The van der Waals surface area contributed by atoms with Gasteiger partial charge in [0, 0.05) is 0 Å². The molecule has 0 aliphatic heterocycles. The van der Waals surface area contributed by atoms with E-state index in [1.165, 1.54) is 0 Å². The molecule has 0 fully saturated rings. The summed E-state index contributed by atoms with van der Waals surface area (Å²) >= 11 is 0. The molecule has 0 amide bonds. The molecule has 4 N–H and O–H groups in total. The van der Waals surface area contributed by atoms with E-state index >= 15 is 0 Å². The number of phosphoric acid groups is 2. The third kappa shape index (κ3) is 14.1. The van der Waals surface area contributed by atoms with Gasteiger partial charge < -0.3 is 24.1 Å². The summed E-state index contributed by atoms with van der Waals surface area (Å²) in [6, 6.07) is 0. The van der Waals surface area contributed by atoms with Gasteiger partial charge in [-0.05, 0) is 24.3 Å². The lowest BCUT2D eigenvalue weighted by molar-refractivity contribution is -0.906. The average molecular weight is 356 g/mol. The number of quaternary nitrogens is 1. The van der Waals surface area contributed by atoms with E-state index in [9.17, 15) is 9.13 Å². The molecule has 0 aromatic heterocycles. The first-order valence-electron chi connectivity index (χ1n) is 6.06. The molecule has 0 aromatic rings. The van der Waals surface area contributed by atoms with Crippen LogP contribution in [0.2, 0.25) is 0 Å². The van der Waals surface area contributed by atoms with Crippen molar-refractivity contribution in [1.29, 1.82) is 0 Å². The molecule has 0 aromatic carbocycles. The highest BCUT2D eigenvalue weighted by molar-refractivity contribution is 7.60. The molecule has 8 nitrogen and oxygen atoms in total. The number of hydrogen-bond acceptors (Lipinski definition) is 3. The van der Waals surface area contributed by atoms with Gasteiger partial charge in [0.15, 0.2) is 0 Å². The van der Waals surface area contributed by atoms with E-state index < -0.39 is 15.6 Å². The molecule has 0 rings (SSSR count). The fourth-order valence-electron chi connectivity index (χ4n) is 1.68. The molecule has 0 aliphatic carbocycles. The van der Waals surface area contributed by atoms with Crippen molar-refractivity contribution in [2.75, 3.05) is 26.2 Å². The summed E-state index contributed by atoms with van der Waals surface area (Å²) in [7, 11) is -10.1. The second-order valence-electron chi connectivity index (χ2n) is 4.29. The van der Waals surface area contributed by atoms with Gasteiger partial charge in [-0.2, -0.15) is 4.31 Å². The van der Waals surface area contributed by atoms with Crippen molar-refractivity contribution in [3.05, 3.63) is 50.6 Å². The summed E-state index contributed by atoms with van der Waals surface area (Å²) in [5.74, 6) is 0. The Labute approximate surface area is 130 Å². The second-order valence-corrected chi connectivity index (χ2v) is 6.90. The van der Waals surface area contributed by atoms with Crippen molar-refractivity contribution in [3.8, 4) is 0 Å². The van der Waals surface area contributed by atoms with Gasteiger partial charge in [0.1, 0.15) is 0 Å². The standard InChI is InChI=1S/C12H20N.H4O7P2/c1-5-9-13(10-6-2,11-7-3)12-8-4;1-8(2,3)7-9(4,5)6/h5-8H,1-4,9-12H2;(H2,1,2,3)(H2,4,5,6)/q+1;. The van der Waals surface area contributed by atoms with Crippen molar-refractivity contribution in [2.45, 2.75) is 0 Å². The van der Waals surface area contributed by atoms with Gasteiger partial charge >= 0.3 is 15.6 Å². The molecular weight excluding hydrogens is 332 g/mol. The van der Waals surface area contributed by atoms with Crippen molar-refractivity contribution in [1.82, 2.24) is 0 Å². The van der Waals surface area contributed by atoms with E-state index in [1.807, 2.05) is 24.3 Å². The summed E-state index contributed by atoms with van der Waals surface area (Å²) in [5, 5.41) is 0. The van der Waals surface area contributed by atoms with Gasteiger partial charge in [-0.1, -0.05) is 26.3 Å². The Hall–Kier alpha value is -0.820. The van der Waals surface area contributed by atoms with Gasteiger partial charge in [-0.15, -0.1) is 0 Å². The quantitative estimate of drug-likeness (QED) is 0.267. The van der Waals surface area contributed by atoms with E-state index in [-0.39, 0.29) is 0 Å². The molecule has 0 bridgehead atoms. The summed E-state index contributed by atoms with van der Waals surface area (Å²) in [4.78, 5) is 31.0. The molecule has 22 heavy (non-hydrogen) atoms. The monoisotopic (exact) mass is 356 g/mol. The summed E-state index contributed by atoms with van der Waals surface area (Å²) in [6.07, 6.45) is 7.76. The summed E-state index contributed by atoms with van der Waals surface area (Å²) in [6.45, 7) is 18.8. The maximum absolute atomic E-state index is 9.63. The van der Waals surface area contributed by atoms with Crippen LogP contribution in [0.3, 0.4) is 0 Å². The highest BCUT2D eigenvalue weighted by atomic mass is 31.3. The van der Waals surface area contributed by atoms with Crippen molar-refractivity contribution < 1.29 is 37.5 Å². The molecule has 0 saturated carbocycles. The molecule has 0 aliphatic rings. The summed E-state index contributed by atoms with van der Waals surface area (Å²) < 4.78 is 23.1. The molecule has 10 heteroatoms. The van der Waals surface area contributed by atoms with Crippen LogP contribution in [-0.4, -0.2) is 50.2 Å². The Kier molecular flexibility index (Phi) is 11.5. The number of hydrogen-bond donors (Lipinski definition) is 4. The zero-order chi connectivity index (χ0) is 17.9. The maximum atomic E-state index is 9.63. The Bertz CT molecular complexity index is 401. The SMILES string of the molecule is C=CC[N+](CC=C)(CC=C)CC=C.O=P(O)(O)OP(=O)(O)O. The number of nitrogens with zero attached hydrogens (tertiary/aromatic N) is 1. The largest absolute Gasteiger partial charge is 0.478 e. The van der Waals surface area contributed by atoms with Gasteiger partial charge in [-0.25, -0.2) is 9.13 Å². The van der Waals surface area contributed by atoms with Gasteiger partial charge in [0.2, 0.25) is 0 Å². The molecular formula is C12H24NO7P2+. The number of rotatable bonds is 10. The lowest BCUT2D eigenvalue weighted by Crippen LogP contribution is -2.48. The minimum Gasteiger partial charge on any atom is -0.311 e. The first kappa shape index (κ1) is 23.4. The fraction of sp³-hybridized carbons (Fsp3) is 0.333. The molecule has 0 unspecified atom stereocenters. The van der Waals surface area contributed by atoms with Crippen LogP contribution in [0.1, 0.15) is 0 Å². The van der Waals surface area contributed by atoms with E-state index in [4.69, 9.17) is 19.6 Å². The Balaban J connectivity index is 0. The minimum absolute atomic E-state index is 0.903. The maximum Gasteiger partial charge on any atom is 0.478 e. The Morgan fingerprint density at radius 3 is 1.05 bits per heavy atom. The molecule has 0 radical (unpaired) electrons. The smallest absolute Gasteiger partial charge is 0.311 e. The van der Waals surface area contributed by atoms with E-state index in [1.54, 1.807) is 0 Å². The highest BCUT2D eigenvalue weighted by Gasteiger charge is 2.27. The lowest BCUT2D eigenvalue weighted by Gasteiger charge is -2.35. The third-order valence-corrected chi connectivity index (χ3v) is 3.98. The fourth-order valence-corrected chi connectivity index (χ4v) is 2.79. The molecule has 128 valence electrons. The van der Waals surface area contributed by atoms with E-state index in [0.717, 1.165) is 30.7 Å². The van der Waals surface area contributed by atoms with Crippen LogP contribution in [0.25, 0.3) is 0 Å².